The lowest BCUT2D eigenvalue weighted by Crippen LogP contribution is -2.33. The highest BCUT2D eigenvalue weighted by molar-refractivity contribution is 5.94. The Kier molecular flexibility index (Phi) is 7.45. The standard InChI is InChI=1S/C34H40N2O4/c1-5-23-15-21(3)16-24(6-2)33(23)35-32(37)19-36-18-26(29-13-14-31-34(22(29)4)39-20-38-31)17-30(36)25-7-9-27(10-8-25)40-28-11-12-28/h7-10,13-16,26,28,30H,5-6,11-12,17-20H2,1-4H3,(H,35,37). The molecule has 40 heavy (non-hydrogen) atoms. The molecule has 2 unspecified atom stereocenters. The third-order valence-electron chi connectivity index (χ3n) is 8.58. The van der Waals surface area contributed by atoms with Gasteiger partial charge in [0.15, 0.2) is 11.5 Å². The van der Waals surface area contributed by atoms with Crippen LogP contribution in [0.4, 0.5) is 5.69 Å². The second kappa shape index (κ2) is 11.2. The summed E-state index contributed by atoms with van der Waals surface area (Å²) in [5, 5.41) is 3.31. The quantitative estimate of drug-likeness (QED) is 0.321. The first-order chi connectivity index (χ1) is 19.4. The SMILES string of the molecule is CCc1cc(C)cc(CC)c1NC(=O)CN1CC(c2ccc3c(c2C)OCO3)CC1c1ccc(OC2CC2)cc1. The first kappa shape index (κ1) is 26.7. The van der Waals surface area contributed by atoms with Gasteiger partial charge in [0.05, 0.1) is 12.6 Å². The van der Waals surface area contributed by atoms with Crippen molar-refractivity contribution in [3.8, 4) is 17.2 Å². The molecule has 1 amide bonds. The Morgan fingerprint density at radius 3 is 2.40 bits per heavy atom. The first-order valence-corrected chi connectivity index (χ1v) is 14.8. The Balaban J connectivity index is 1.26. The number of nitrogens with zero attached hydrogens (tertiary/aromatic N) is 1. The van der Waals surface area contributed by atoms with Gasteiger partial charge in [-0.15, -0.1) is 0 Å². The van der Waals surface area contributed by atoms with E-state index in [-0.39, 0.29) is 24.7 Å². The Bertz CT molecular complexity index is 1370. The van der Waals surface area contributed by atoms with Crippen LogP contribution in [-0.2, 0) is 17.6 Å². The molecule has 2 heterocycles. The Morgan fingerprint density at radius 1 is 1.00 bits per heavy atom. The van der Waals surface area contributed by atoms with Crippen molar-refractivity contribution < 1.29 is 19.0 Å². The highest BCUT2D eigenvalue weighted by Gasteiger charge is 2.37. The predicted octanol–water partition coefficient (Wildman–Crippen LogP) is 6.87. The molecule has 1 saturated carbocycles. The normalized spacial score (nSPS) is 20.1. The molecule has 3 aromatic rings. The van der Waals surface area contributed by atoms with Crippen molar-refractivity contribution in [2.45, 2.75) is 77.9 Å². The smallest absolute Gasteiger partial charge is 0.238 e. The lowest BCUT2D eigenvalue weighted by Gasteiger charge is -2.25. The molecule has 1 saturated heterocycles. The van der Waals surface area contributed by atoms with Gasteiger partial charge in [-0.25, -0.2) is 0 Å². The number of hydrogen-bond acceptors (Lipinski definition) is 5. The van der Waals surface area contributed by atoms with E-state index < -0.39 is 0 Å². The minimum Gasteiger partial charge on any atom is -0.490 e. The van der Waals surface area contributed by atoms with Crippen LogP contribution in [-0.4, -0.2) is 36.8 Å². The molecular formula is C34H40N2O4. The molecule has 0 spiro atoms. The second-order valence-electron chi connectivity index (χ2n) is 11.5. The lowest BCUT2D eigenvalue weighted by molar-refractivity contribution is -0.117. The maximum absolute atomic E-state index is 13.6. The second-order valence-corrected chi connectivity index (χ2v) is 11.5. The molecule has 2 fully saturated rings. The molecular weight excluding hydrogens is 500 g/mol. The molecule has 6 heteroatoms. The van der Waals surface area contributed by atoms with Crippen LogP contribution in [0.1, 0.15) is 78.5 Å². The van der Waals surface area contributed by atoms with E-state index in [9.17, 15) is 4.79 Å². The van der Waals surface area contributed by atoms with E-state index >= 15 is 0 Å². The molecule has 0 bridgehead atoms. The van der Waals surface area contributed by atoms with Crippen LogP contribution < -0.4 is 19.5 Å². The van der Waals surface area contributed by atoms with Crippen LogP contribution in [0.25, 0.3) is 0 Å². The number of amides is 1. The molecule has 3 aliphatic rings. The Labute approximate surface area is 237 Å². The van der Waals surface area contributed by atoms with Gasteiger partial charge in [0, 0.05) is 18.3 Å². The van der Waals surface area contributed by atoms with Gasteiger partial charge in [-0.1, -0.05) is 49.7 Å². The van der Waals surface area contributed by atoms with Crippen molar-refractivity contribution in [3.05, 3.63) is 81.9 Å². The molecule has 6 nitrogen and oxygen atoms in total. The van der Waals surface area contributed by atoms with Gasteiger partial charge < -0.3 is 19.5 Å². The van der Waals surface area contributed by atoms with Crippen molar-refractivity contribution in [1.29, 1.82) is 0 Å². The summed E-state index contributed by atoms with van der Waals surface area (Å²) < 4.78 is 17.4. The maximum Gasteiger partial charge on any atom is 0.238 e. The summed E-state index contributed by atoms with van der Waals surface area (Å²) in [5.41, 5.74) is 8.25. The largest absolute Gasteiger partial charge is 0.490 e. The summed E-state index contributed by atoms with van der Waals surface area (Å²) >= 11 is 0. The summed E-state index contributed by atoms with van der Waals surface area (Å²) in [6, 6.07) is 17.2. The van der Waals surface area contributed by atoms with Crippen molar-refractivity contribution in [2.75, 3.05) is 25.2 Å². The average molecular weight is 541 g/mol. The summed E-state index contributed by atoms with van der Waals surface area (Å²) in [7, 11) is 0. The molecule has 2 atom stereocenters. The van der Waals surface area contributed by atoms with Gasteiger partial charge in [-0.3, -0.25) is 9.69 Å². The third kappa shape index (κ3) is 5.42. The monoisotopic (exact) mass is 540 g/mol. The van der Waals surface area contributed by atoms with Crippen molar-refractivity contribution >= 4 is 11.6 Å². The van der Waals surface area contributed by atoms with Crippen LogP contribution in [0.3, 0.4) is 0 Å². The number of carbonyl (C=O) groups is 1. The first-order valence-electron chi connectivity index (χ1n) is 14.8. The zero-order valence-electron chi connectivity index (χ0n) is 24.1. The zero-order valence-corrected chi connectivity index (χ0v) is 24.1. The molecule has 2 aliphatic heterocycles. The van der Waals surface area contributed by atoms with Gasteiger partial charge in [-0.05, 0) is 97.9 Å². The van der Waals surface area contributed by atoms with Gasteiger partial charge >= 0.3 is 0 Å². The number of hydrogen-bond donors (Lipinski definition) is 1. The number of anilines is 1. The maximum atomic E-state index is 13.6. The van der Waals surface area contributed by atoms with Crippen molar-refractivity contribution in [1.82, 2.24) is 4.90 Å². The number of nitrogens with one attached hydrogen (secondary N) is 1. The highest BCUT2D eigenvalue weighted by Crippen LogP contribution is 2.46. The topological polar surface area (TPSA) is 60.0 Å². The molecule has 1 aliphatic carbocycles. The molecule has 0 aromatic heterocycles. The zero-order chi connectivity index (χ0) is 27.8. The minimum atomic E-state index is 0.0370. The van der Waals surface area contributed by atoms with Crippen LogP contribution >= 0.6 is 0 Å². The fraction of sp³-hybridized carbons (Fsp3) is 0.441. The average Bonchev–Trinajstić information content (AvgIpc) is 3.46. The Hall–Kier alpha value is -3.51. The summed E-state index contributed by atoms with van der Waals surface area (Å²) in [4.78, 5) is 15.9. The summed E-state index contributed by atoms with van der Waals surface area (Å²) in [5.74, 6) is 2.91. The number of benzene rings is 3. The van der Waals surface area contributed by atoms with E-state index in [1.165, 1.54) is 27.8 Å². The number of aryl methyl sites for hydroxylation is 3. The van der Waals surface area contributed by atoms with E-state index in [4.69, 9.17) is 14.2 Å². The lowest BCUT2D eigenvalue weighted by atomic mass is 9.90. The fourth-order valence-electron chi connectivity index (χ4n) is 6.39. The van der Waals surface area contributed by atoms with Gasteiger partial charge in [-0.2, -0.15) is 0 Å². The van der Waals surface area contributed by atoms with E-state index in [0.717, 1.165) is 67.1 Å². The predicted molar refractivity (Wildman–Crippen MR) is 158 cm³/mol. The van der Waals surface area contributed by atoms with Gasteiger partial charge in [0.25, 0.3) is 0 Å². The molecule has 210 valence electrons. The molecule has 0 radical (unpaired) electrons. The van der Waals surface area contributed by atoms with Crippen LogP contribution in [0.5, 0.6) is 17.2 Å². The number of rotatable bonds is 9. The van der Waals surface area contributed by atoms with E-state index in [1.54, 1.807) is 0 Å². The van der Waals surface area contributed by atoms with Crippen molar-refractivity contribution in [2.24, 2.45) is 0 Å². The van der Waals surface area contributed by atoms with Gasteiger partial charge in [0.2, 0.25) is 12.7 Å². The summed E-state index contributed by atoms with van der Waals surface area (Å²) in [6.45, 7) is 9.95. The van der Waals surface area contributed by atoms with Gasteiger partial charge in [0.1, 0.15) is 5.75 Å². The number of ether oxygens (including phenoxy) is 3. The van der Waals surface area contributed by atoms with E-state index in [1.807, 2.05) is 6.07 Å². The number of fused-ring (bicyclic) bond motifs is 1. The number of carbonyl (C=O) groups excluding carboxylic acids is 1. The molecule has 3 aromatic carbocycles. The summed E-state index contributed by atoms with van der Waals surface area (Å²) in [6.07, 6.45) is 5.36. The van der Waals surface area contributed by atoms with Crippen molar-refractivity contribution in [3.63, 3.8) is 0 Å². The van der Waals surface area contributed by atoms with E-state index in [0.29, 0.717) is 12.6 Å². The molecule has 6 rings (SSSR count). The van der Waals surface area contributed by atoms with Crippen LogP contribution in [0, 0.1) is 13.8 Å². The van der Waals surface area contributed by atoms with E-state index in [2.05, 4.69) is 80.4 Å². The number of likely N-dealkylation sites (tertiary alicyclic amines) is 1. The fourth-order valence-corrected chi connectivity index (χ4v) is 6.39. The van der Waals surface area contributed by atoms with Crippen LogP contribution in [0.2, 0.25) is 0 Å². The molecule has 1 N–H and O–H groups in total. The highest BCUT2D eigenvalue weighted by atomic mass is 16.7. The third-order valence-corrected chi connectivity index (χ3v) is 8.58. The van der Waals surface area contributed by atoms with Crippen LogP contribution in [0.15, 0.2) is 48.5 Å². The minimum absolute atomic E-state index is 0.0370. The Morgan fingerprint density at radius 2 is 1.73 bits per heavy atom.